The Morgan fingerprint density at radius 1 is 0.962 bits per heavy atom. The zero-order chi connectivity index (χ0) is 19.1. The van der Waals surface area contributed by atoms with Crippen LogP contribution < -0.4 is 5.32 Å². The molecular weight excluding hydrogens is 350 g/mol. The summed E-state index contributed by atoms with van der Waals surface area (Å²) in [6.45, 7) is 4.74. The van der Waals surface area contributed by atoms with Crippen molar-refractivity contribution in [2.45, 2.75) is 37.0 Å². The molecule has 0 radical (unpaired) electrons. The van der Waals surface area contributed by atoms with Gasteiger partial charge in [0.1, 0.15) is 5.25 Å². The predicted octanol–water partition coefficient (Wildman–Crippen LogP) is 3.94. The van der Waals surface area contributed by atoms with Crippen molar-refractivity contribution in [2.24, 2.45) is 0 Å². The van der Waals surface area contributed by atoms with Gasteiger partial charge in [0.05, 0.1) is 0 Å². The second kappa shape index (κ2) is 9.20. The monoisotopic (exact) mass is 371 g/mol. The van der Waals surface area contributed by atoms with Gasteiger partial charge in [-0.3, -0.25) is 14.4 Å². The van der Waals surface area contributed by atoms with Gasteiger partial charge in [-0.25, -0.2) is 0 Å². The SMILES string of the molecule is CC(=O)c1ccc(NC(=O)[C@H](C)OC(=O)[C@@H](C)Sc2ccccc2)cc1. The number of amides is 1. The molecule has 0 fully saturated rings. The summed E-state index contributed by atoms with van der Waals surface area (Å²) in [5, 5.41) is 2.24. The molecule has 0 saturated carbocycles. The van der Waals surface area contributed by atoms with Gasteiger partial charge in [-0.1, -0.05) is 18.2 Å². The van der Waals surface area contributed by atoms with E-state index in [4.69, 9.17) is 4.74 Å². The molecule has 0 aromatic heterocycles. The lowest BCUT2D eigenvalue weighted by molar-refractivity contribution is -0.152. The average molecular weight is 371 g/mol. The summed E-state index contributed by atoms with van der Waals surface area (Å²) in [7, 11) is 0. The molecule has 0 heterocycles. The molecule has 2 rings (SSSR count). The minimum atomic E-state index is -0.922. The molecule has 1 N–H and O–H groups in total. The number of nitrogens with one attached hydrogen (secondary N) is 1. The molecule has 2 aromatic rings. The third kappa shape index (κ3) is 5.74. The zero-order valence-corrected chi connectivity index (χ0v) is 15.7. The van der Waals surface area contributed by atoms with Crippen molar-refractivity contribution in [3.8, 4) is 0 Å². The maximum atomic E-state index is 12.2. The molecule has 0 aliphatic carbocycles. The maximum Gasteiger partial charge on any atom is 0.319 e. The van der Waals surface area contributed by atoms with Gasteiger partial charge >= 0.3 is 5.97 Å². The van der Waals surface area contributed by atoms with E-state index in [1.807, 2.05) is 30.3 Å². The number of carbonyl (C=O) groups is 3. The minimum Gasteiger partial charge on any atom is -0.452 e. The van der Waals surface area contributed by atoms with E-state index in [1.165, 1.54) is 25.6 Å². The normalized spacial score (nSPS) is 12.7. The summed E-state index contributed by atoms with van der Waals surface area (Å²) >= 11 is 1.38. The predicted molar refractivity (Wildman–Crippen MR) is 102 cm³/mol. The summed E-state index contributed by atoms with van der Waals surface area (Å²) < 4.78 is 5.25. The molecule has 26 heavy (non-hydrogen) atoms. The Morgan fingerprint density at radius 3 is 2.15 bits per heavy atom. The molecule has 0 bridgehead atoms. The fraction of sp³-hybridized carbons (Fsp3) is 0.250. The highest BCUT2D eigenvalue weighted by molar-refractivity contribution is 8.00. The van der Waals surface area contributed by atoms with Gasteiger partial charge in [0.2, 0.25) is 0 Å². The van der Waals surface area contributed by atoms with E-state index < -0.39 is 23.2 Å². The Hall–Kier alpha value is -2.60. The standard InChI is InChI=1S/C20H21NO4S/c1-13(22)16-9-11-17(12-10-16)21-19(23)14(2)25-20(24)15(3)26-18-7-5-4-6-8-18/h4-12,14-15H,1-3H3,(H,21,23)/t14-,15+/m0/s1. The van der Waals surface area contributed by atoms with E-state index in [0.717, 1.165) is 4.90 Å². The molecule has 136 valence electrons. The van der Waals surface area contributed by atoms with Gasteiger partial charge in [-0.15, -0.1) is 11.8 Å². The van der Waals surface area contributed by atoms with Crippen molar-refractivity contribution in [3.63, 3.8) is 0 Å². The number of anilines is 1. The first kappa shape index (κ1) is 19.7. The maximum absolute atomic E-state index is 12.2. The second-order valence-electron chi connectivity index (χ2n) is 5.78. The van der Waals surface area contributed by atoms with Gasteiger partial charge in [0, 0.05) is 16.1 Å². The quantitative estimate of drug-likeness (QED) is 0.453. The van der Waals surface area contributed by atoms with Crippen LogP contribution in [-0.4, -0.2) is 29.0 Å². The first-order valence-electron chi connectivity index (χ1n) is 8.21. The number of ketones is 1. The van der Waals surface area contributed by atoms with E-state index in [1.54, 1.807) is 31.2 Å². The van der Waals surface area contributed by atoms with E-state index >= 15 is 0 Å². The van der Waals surface area contributed by atoms with Crippen molar-refractivity contribution in [1.82, 2.24) is 0 Å². The Balaban J connectivity index is 1.87. The van der Waals surface area contributed by atoms with Crippen LogP contribution in [0.4, 0.5) is 5.69 Å². The highest BCUT2D eigenvalue weighted by Gasteiger charge is 2.22. The van der Waals surface area contributed by atoms with Gasteiger partial charge < -0.3 is 10.1 Å². The molecule has 2 aromatic carbocycles. The molecule has 0 aliphatic rings. The van der Waals surface area contributed by atoms with Gasteiger partial charge in [0.15, 0.2) is 11.9 Å². The summed E-state index contributed by atoms with van der Waals surface area (Å²) in [5.41, 5.74) is 1.10. The number of thioether (sulfide) groups is 1. The van der Waals surface area contributed by atoms with Crippen LogP contribution in [0.5, 0.6) is 0 Å². The third-order valence-electron chi connectivity index (χ3n) is 3.61. The Kier molecular flexibility index (Phi) is 6.97. The minimum absolute atomic E-state index is 0.0462. The number of esters is 1. The topological polar surface area (TPSA) is 72.5 Å². The molecule has 6 heteroatoms. The summed E-state index contributed by atoms with van der Waals surface area (Å²) in [5.74, 6) is -0.922. The van der Waals surface area contributed by atoms with Crippen molar-refractivity contribution >= 4 is 35.1 Å². The second-order valence-corrected chi connectivity index (χ2v) is 7.19. The van der Waals surface area contributed by atoms with E-state index in [9.17, 15) is 14.4 Å². The number of carbonyl (C=O) groups excluding carboxylic acids is 3. The Bertz CT molecular complexity index is 774. The first-order chi connectivity index (χ1) is 12.4. The van der Waals surface area contributed by atoms with Crippen LogP contribution in [0.25, 0.3) is 0 Å². The smallest absolute Gasteiger partial charge is 0.319 e. The Morgan fingerprint density at radius 2 is 1.58 bits per heavy atom. The average Bonchev–Trinajstić information content (AvgIpc) is 2.62. The van der Waals surface area contributed by atoms with Crippen LogP contribution in [0.1, 0.15) is 31.1 Å². The fourth-order valence-electron chi connectivity index (χ4n) is 2.11. The van der Waals surface area contributed by atoms with Crippen molar-refractivity contribution in [1.29, 1.82) is 0 Å². The lowest BCUT2D eigenvalue weighted by Crippen LogP contribution is -2.32. The van der Waals surface area contributed by atoms with Crippen LogP contribution in [0.15, 0.2) is 59.5 Å². The number of rotatable bonds is 7. The molecule has 0 spiro atoms. The molecule has 0 saturated heterocycles. The van der Waals surface area contributed by atoms with Crippen molar-refractivity contribution in [2.75, 3.05) is 5.32 Å². The molecule has 0 unspecified atom stereocenters. The van der Waals surface area contributed by atoms with E-state index in [2.05, 4.69) is 5.32 Å². The van der Waals surface area contributed by atoms with Gasteiger partial charge in [0.25, 0.3) is 5.91 Å². The zero-order valence-electron chi connectivity index (χ0n) is 14.9. The summed E-state index contributed by atoms with van der Waals surface area (Å²) in [6, 6.07) is 16.1. The Labute approximate surface area is 157 Å². The number of hydrogen-bond donors (Lipinski definition) is 1. The number of ether oxygens (including phenoxy) is 1. The number of benzene rings is 2. The molecule has 2 atom stereocenters. The molecule has 5 nitrogen and oxygen atoms in total. The highest BCUT2D eigenvalue weighted by Crippen LogP contribution is 2.23. The van der Waals surface area contributed by atoms with Crippen LogP contribution in [0.2, 0.25) is 0 Å². The van der Waals surface area contributed by atoms with Crippen LogP contribution in [0, 0.1) is 0 Å². The van der Waals surface area contributed by atoms with Crippen molar-refractivity contribution < 1.29 is 19.1 Å². The van der Waals surface area contributed by atoms with Crippen LogP contribution in [-0.2, 0) is 14.3 Å². The lowest BCUT2D eigenvalue weighted by atomic mass is 10.1. The van der Waals surface area contributed by atoms with Crippen molar-refractivity contribution in [3.05, 3.63) is 60.2 Å². The highest BCUT2D eigenvalue weighted by atomic mass is 32.2. The van der Waals surface area contributed by atoms with Crippen LogP contribution >= 0.6 is 11.8 Å². The number of Topliss-reactive ketones (excluding diaryl/α,β-unsaturated/α-hetero) is 1. The van der Waals surface area contributed by atoms with Crippen LogP contribution in [0.3, 0.4) is 0 Å². The largest absolute Gasteiger partial charge is 0.452 e. The lowest BCUT2D eigenvalue weighted by Gasteiger charge is -2.16. The molecule has 1 amide bonds. The van der Waals surface area contributed by atoms with E-state index in [-0.39, 0.29) is 5.78 Å². The summed E-state index contributed by atoms with van der Waals surface area (Å²) in [4.78, 5) is 36.6. The van der Waals surface area contributed by atoms with Gasteiger partial charge in [-0.05, 0) is 57.2 Å². The number of hydrogen-bond acceptors (Lipinski definition) is 5. The molecule has 0 aliphatic heterocycles. The van der Waals surface area contributed by atoms with E-state index in [0.29, 0.717) is 11.3 Å². The molecular formula is C20H21NO4S. The fourth-order valence-corrected chi connectivity index (χ4v) is 2.98. The van der Waals surface area contributed by atoms with Gasteiger partial charge in [-0.2, -0.15) is 0 Å². The summed E-state index contributed by atoms with van der Waals surface area (Å²) in [6.07, 6.45) is -0.922. The first-order valence-corrected chi connectivity index (χ1v) is 9.09. The third-order valence-corrected chi connectivity index (χ3v) is 4.70.